The van der Waals surface area contributed by atoms with E-state index in [0.29, 0.717) is 12.8 Å². The number of pyridine rings is 1. The molecule has 0 atom stereocenters. The van der Waals surface area contributed by atoms with E-state index >= 15 is 0 Å². The molecule has 0 unspecified atom stereocenters. The van der Waals surface area contributed by atoms with Crippen LogP contribution in [0.2, 0.25) is 0 Å². The number of aromatic nitrogens is 1. The topological polar surface area (TPSA) is 140 Å². The Labute approximate surface area is 168 Å². The Bertz CT molecular complexity index is 1080. The summed E-state index contributed by atoms with van der Waals surface area (Å²) < 4.78 is 53.9. The smallest absolute Gasteiger partial charge is 0.263 e. The standard InChI is InChI=1S/C17H20N4O6S2/c22-21(23)15-3-1-4-16(11-15)28(24,25)19-12-14-6-9-20(10-7-14)29(26,27)17-5-2-8-18-13-17/h1-5,8,11,13-14,19H,6-7,9-10,12H2. The maximum atomic E-state index is 12.6. The predicted octanol–water partition coefficient (Wildman–Crippen LogP) is 1.37. The van der Waals surface area contributed by atoms with Gasteiger partial charge in [-0.05, 0) is 37.0 Å². The minimum absolute atomic E-state index is 0.0381. The first-order valence-electron chi connectivity index (χ1n) is 8.84. The third-order valence-corrected chi connectivity index (χ3v) is 8.05. The van der Waals surface area contributed by atoms with Crippen molar-refractivity contribution in [3.05, 3.63) is 58.9 Å². The first-order chi connectivity index (χ1) is 13.7. The van der Waals surface area contributed by atoms with Gasteiger partial charge in [-0.3, -0.25) is 15.1 Å². The number of hydrogen-bond donors (Lipinski definition) is 1. The zero-order chi connectivity index (χ0) is 21.1. The van der Waals surface area contributed by atoms with Gasteiger partial charge in [0.2, 0.25) is 20.0 Å². The molecule has 2 aromatic rings. The fraction of sp³-hybridized carbons (Fsp3) is 0.353. The van der Waals surface area contributed by atoms with E-state index in [4.69, 9.17) is 0 Å². The van der Waals surface area contributed by atoms with Crippen LogP contribution in [-0.2, 0) is 20.0 Å². The monoisotopic (exact) mass is 440 g/mol. The largest absolute Gasteiger partial charge is 0.270 e. The van der Waals surface area contributed by atoms with Gasteiger partial charge in [0, 0.05) is 44.2 Å². The van der Waals surface area contributed by atoms with Gasteiger partial charge in [0.1, 0.15) is 4.90 Å². The molecule has 0 spiro atoms. The molecule has 1 aromatic heterocycles. The van der Waals surface area contributed by atoms with Crippen LogP contribution in [0.3, 0.4) is 0 Å². The number of nitro benzene ring substituents is 1. The molecular formula is C17H20N4O6S2. The molecule has 1 N–H and O–H groups in total. The number of sulfonamides is 2. The van der Waals surface area contributed by atoms with Crippen molar-refractivity contribution in [2.75, 3.05) is 19.6 Å². The average Bonchev–Trinajstić information content (AvgIpc) is 2.73. The summed E-state index contributed by atoms with van der Waals surface area (Å²) in [5.74, 6) is -0.0381. The molecule has 2 heterocycles. The van der Waals surface area contributed by atoms with Gasteiger partial charge < -0.3 is 0 Å². The molecule has 10 nitrogen and oxygen atoms in total. The third kappa shape index (κ3) is 4.96. The molecule has 1 aliphatic rings. The van der Waals surface area contributed by atoms with Crippen molar-refractivity contribution in [2.24, 2.45) is 5.92 Å². The van der Waals surface area contributed by atoms with Gasteiger partial charge in [-0.1, -0.05) is 6.07 Å². The highest BCUT2D eigenvalue weighted by Gasteiger charge is 2.30. The molecule has 0 radical (unpaired) electrons. The van der Waals surface area contributed by atoms with Crippen LogP contribution >= 0.6 is 0 Å². The normalized spacial score (nSPS) is 16.6. The Balaban J connectivity index is 1.59. The van der Waals surface area contributed by atoms with E-state index in [1.807, 2.05) is 0 Å². The van der Waals surface area contributed by atoms with Crippen molar-refractivity contribution in [1.82, 2.24) is 14.0 Å². The highest BCUT2D eigenvalue weighted by Crippen LogP contribution is 2.24. The maximum absolute atomic E-state index is 12.6. The average molecular weight is 441 g/mol. The Kier molecular flexibility index (Phi) is 6.27. The Morgan fingerprint density at radius 2 is 1.79 bits per heavy atom. The van der Waals surface area contributed by atoms with Crippen LogP contribution in [0.25, 0.3) is 0 Å². The van der Waals surface area contributed by atoms with Crippen molar-refractivity contribution < 1.29 is 21.8 Å². The van der Waals surface area contributed by atoms with E-state index in [1.54, 1.807) is 6.07 Å². The lowest BCUT2D eigenvalue weighted by atomic mass is 9.99. The number of non-ortho nitro benzene ring substituents is 1. The summed E-state index contributed by atoms with van der Waals surface area (Å²) in [6, 6.07) is 7.87. The molecule has 12 heteroatoms. The van der Waals surface area contributed by atoms with Crippen LogP contribution in [0, 0.1) is 16.0 Å². The van der Waals surface area contributed by atoms with Crippen LogP contribution in [-0.4, -0.2) is 50.7 Å². The minimum Gasteiger partial charge on any atom is -0.263 e. The van der Waals surface area contributed by atoms with Gasteiger partial charge in [-0.15, -0.1) is 0 Å². The fourth-order valence-electron chi connectivity index (χ4n) is 3.08. The number of nitro groups is 1. The molecule has 0 saturated carbocycles. The zero-order valence-electron chi connectivity index (χ0n) is 15.3. The molecular weight excluding hydrogens is 420 g/mol. The van der Waals surface area contributed by atoms with Gasteiger partial charge in [-0.25, -0.2) is 21.6 Å². The van der Waals surface area contributed by atoms with E-state index in [2.05, 4.69) is 9.71 Å². The van der Waals surface area contributed by atoms with Gasteiger partial charge in [0.15, 0.2) is 0 Å². The van der Waals surface area contributed by atoms with E-state index in [0.717, 1.165) is 6.07 Å². The molecule has 29 heavy (non-hydrogen) atoms. The zero-order valence-corrected chi connectivity index (χ0v) is 17.0. The number of hydrogen-bond acceptors (Lipinski definition) is 7. The number of rotatable bonds is 7. The van der Waals surface area contributed by atoms with Crippen LogP contribution in [0.5, 0.6) is 0 Å². The second-order valence-corrected chi connectivity index (χ2v) is 10.3. The SMILES string of the molecule is O=[N+]([O-])c1cccc(S(=O)(=O)NCC2CCN(S(=O)(=O)c3cccnc3)CC2)c1. The van der Waals surface area contributed by atoms with Crippen LogP contribution in [0.1, 0.15) is 12.8 Å². The minimum atomic E-state index is -3.90. The Morgan fingerprint density at radius 3 is 2.41 bits per heavy atom. The quantitative estimate of drug-likeness (QED) is 0.506. The summed E-state index contributed by atoms with van der Waals surface area (Å²) in [6.07, 6.45) is 3.79. The summed E-state index contributed by atoms with van der Waals surface area (Å²) >= 11 is 0. The molecule has 1 aliphatic heterocycles. The van der Waals surface area contributed by atoms with E-state index < -0.39 is 25.0 Å². The van der Waals surface area contributed by atoms with Crippen molar-refractivity contribution in [2.45, 2.75) is 22.6 Å². The first-order valence-corrected chi connectivity index (χ1v) is 11.8. The maximum Gasteiger partial charge on any atom is 0.270 e. The highest BCUT2D eigenvalue weighted by atomic mass is 32.2. The fourth-order valence-corrected chi connectivity index (χ4v) is 5.67. The summed E-state index contributed by atoms with van der Waals surface area (Å²) in [5.41, 5.74) is -0.304. The number of nitrogens with one attached hydrogen (secondary N) is 1. The summed E-state index contributed by atoms with van der Waals surface area (Å²) in [5, 5.41) is 10.8. The second-order valence-electron chi connectivity index (χ2n) is 6.64. The summed E-state index contributed by atoms with van der Waals surface area (Å²) in [4.78, 5) is 14.0. The van der Waals surface area contributed by atoms with Gasteiger partial charge >= 0.3 is 0 Å². The van der Waals surface area contributed by atoms with E-state index in [9.17, 15) is 26.9 Å². The molecule has 156 valence electrons. The van der Waals surface area contributed by atoms with Crippen molar-refractivity contribution in [3.8, 4) is 0 Å². The summed E-state index contributed by atoms with van der Waals surface area (Å²) in [6.45, 7) is 0.687. The molecule has 0 bridgehead atoms. The number of piperidine rings is 1. The van der Waals surface area contributed by atoms with Gasteiger partial charge in [-0.2, -0.15) is 4.31 Å². The van der Waals surface area contributed by atoms with Gasteiger partial charge in [0.05, 0.1) is 9.82 Å². The second kappa shape index (κ2) is 8.53. The third-order valence-electron chi connectivity index (χ3n) is 4.75. The molecule has 3 rings (SSSR count). The Hall–Kier alpha value is -2.41. The molecule has 0 amide bonds. The predicted molar refractivity (Wildman–Crippen MR) is 104 cm³/mol. The van der Waals surface area contributed by atoms with Crippen molar-refractivity contribution in [3.63, 3.8) is 0 Å². The molecule has 1 fully saturated rings. The Morgan fingerprint density at radius 1 is 1.10 bits per heavy atom. The first kappa shape index (κ1) is 21.3. The van der Waals surface area contributed by atoms with Crippen LogP contribution < -0.4 is 4.72 Å². The lowest BCUT2D eigenvalue weighted by Crippen LogP contribution is -2.41. The lowest BCUT2D eigenvalue weighted by molar-refractivity contribution is -0.385. The van der Waals surface area contributed by atoms with Gasteiger partial charge in [0.25, 0.3) is 5.69 Å². The lowest BCUT2D eigenvalue weighted by Gasteiger charge is -2.31. The number of nitrogens with zero attached hydrogens (tertiary/aromatic N) is 3. The molecule has 0 aliphatic carbocycles. The molecule has 1 aromatic carbocycles. The van der Waals surface area contributed by atoms with Crippen LogP contribution in [0.4, 0.5) is 5.69 Å². The van der Waals surface area contributed by atoms with Crippen molar-refractivity contribution in [1.29, 1.82) is 0 Å². The number of benzene rings is 1. The highest BCUT2D eigenvalue weighted by molar-refractivity contribution is 7.89. The van der Waals surface area contributed by atoms with Crippen molar-refractivity contribution >= 4 is 25.7 Å². The summed E-state index contributed by atoms with van der Waals surface area (Å²) in [7, 11) is -7.51. The van der Waals surface area contributed by atoms with Crippen LogP contribution in [0.15, 0.2) is 58.6 Å². The van der Waals surface area contributed by atoms with E-state index in [1.165, 1.54) is 41.0 Å². The van der Waals surface area contributed by atoms with E-state index in [-0.39, 0.29) is 41.0 Å². The molecule has 1 saturated heterocycles.